The Balaban J connectivity index is 1.35. The summed E-state index contributed by atoms with van der Waals surface area (Å²) in [6, 6.07) is 4.37. The number of hydrogen-bond acceptors (Lipinski definition) is 6. The minimum absolute atomic E-state index is 0.164. The maximum Gasteiger partial charge on any atom is 0.322 e. The first kappa shape index (κ1) is 19.3. The van der Waals surface area contributed by atoms with E-state index in [0.29, 0.717) is 45.3 Å². The lowest BCUT2D eigenvalue weighted by atomic mass is 10.3. The van der Waals surface area contributed by atoms with Crippen molar-refractivity contribution in [2.45, 2.75) is 0 Å². The second kappa shape index (κ2) is 8.56. The molecule has 154 valence electrons. The molecule has 2 aliphatic rings. The highest BCUT2D eigenvalue weighted by Gasteiger charge is 2.23. The van der Waals surface area contributed by atoms with Crippen LogP contribution in [0.25, 0.3) is 0 Å². The maximum absolute atomic E-state index is 13.7. The molecule has 0 spiro atoms. The lowest BCUT2D eigenvalue weighted by molar-refractivity contribution is 0.122. The monoisotopic (exact) mass is 404 g/mol. The Bertz CT molecular complexity index is 870. The number of ether oxygens (including phenoxy) is 1. The zero-order valence-electron chi connectivity index (χ0n) is 15.9. The number of carbonyl (C=O) groups excluding carboxylic acids is 1. The Morgan fingerprint density at radius 2 is 1.76 bits per heavy atom. The van der Waals surface area contributed by atoms with Gasteiger partial charge >= 0.3 is 6.03 Å². The third-order valence-electron chi connectivity index (χ3n) is 4.98. The van der Waals surface area contributed by atoms with Gasteiger partial charge in [-0.3, -0.25) is 0 Å². The average Bonchev–Trinajstić information content (AvgIpc) is 2.77. The molecule has 0 unspecified atom stereocenters. The van der Waals surface area contributed by atoms with Crippen LogP contribution in [0.15, 0.2) is 30.5 Å². The molecule has 2 aromatic rings. The van der Waals surface area contributed by atoms with Gasteiger partial charge in [-0.2, -0.15) is 4.98 Å². The van der Waals surface area contributed by atoms with Crippen molar-refractivity contribution in [3.8, 4) is 0 Å². The number of piperazine rings is 1. The van der Waals surface area contributed by atoms with Crippen molar-refractivity contribution < 1.29 is 18.3 Å². The van der Waals surface area contributed by atoms with Crippen LogP contribution in [0.1, 0.15) is 0 Å². The molecule has 0 atom stereocenters. The molecular weight excluding hydrogens is 382 g/mol. The molecule has 2 saturated heterocycles. The van der Waals surface area contributed by atoms with Crippen LogP contribution in [-0.4, -0.2) is 73.4 Å². The summed E-state index contributed by atoms with van der Waals surface area (Å²) in [5.41, 5.74) is -0.164. The number of rotatable bonds is 3. The molecule has 0 bridgehead atoms. The van der Waals surface area contributed by atoms with Gasteiger partial charge in [0.05, 0.1) is 18.9 Å². The molecule has 0 saturated carbocycles. The normalized spacial score (nSPS) is 17.4. The quantitative estimate of drug-likeness (QED) is 0.843. The first-order valence-electron chi connectivity index (χ1n) is 9.52. The number of nitrogens with zero attached hydrogens (tertiary/aromatic N) is 5. The third kappa shape index (κ3) is 4.53. The fourth-order valence-corrected chi connectivity index (χ4v) is 3.36. The van der Waals surface area contributed by atoms with Gasteiger partial charge in [0, 0.05) is 51.5 Å². The van der Waals surface area contributed by atoms with E-state index in [1.165, 1.54) is 0 Å². The van der Waals surface area contributed by atoms with Gasteiger partial charge in [0.15, 0.2) is 0 Å². The van der Waals surface area contributed by atoms with E-state index in [-0.39, 0.29) is 5.69 Å². The maximum atomic E-state index is 13.7. The number of morpholine rings is 1. The van der Waals surface area contributed by atoms with Crippen molar-refractivity contribution in [1.29, 1.82) is 0 Å². The van der Waals surface area contributed by atoms with Crippen molar-refractivity contribution in [3.63, 3.8) is 0 Å². The number of amides is 2. The molecule has 4 rings (SSSR count). The predicted molar refractivity (Wildman–Crippen MR) is 104 cm³/mol. The SMILES string of the molecule is O=C(Nc1cc(F)ccc1F)N1CCN(c2ccnc(N3CCOCC3)n2)CC1. The van der Waals surface area contributed by atoms with E-state index in [2.05, 4.69) is 25.1 Å². The number of benzene rings is 1. The van der Waals surface area contributed by atoms with Crippen LogP contribution >= 0.6 is 0 Å². The largest absolute Gasteiger partial charge is 0.378 e. The minimum Gasteiger partial charge on any atom is -0.378 e. The minimum atomic E-state index is -0.671. The van der Waals surface area contributed by atoms with Gasteiger partial charge in [-0.15, -0.1) is 0 Å². The van der Waals surface area contributed by atoms with E-state index in [1.54, 1.807) is 11.1 Å². The third-order valence-corrected chi connectivity index (χ3v) is 4.98. The fourth-order valence-electron chi connectivity index (χ4n) is 3.36. The van der Waals surface area contributed by atoms with E-state index < -0.39 is 17.7 Å². The van der Waals surface area contributed by atoms with Gasteiger partial charge in [0.2, 0.25) is 5.95 Å². The van der Waals surface area contributed by atoms with Gasteiger partial charge < -0.3 is 24.8 Å². The van der Waals surface area contributed by atoms with Crippen LogP contribution in [-0.2, 0) is 4.74 Å². The van der Waals surface area contributed by atoms with Gasteiger partial charge in [-0.1, -0.05) is 0 Å². The molecule has 3 heterocycles. The van der Waals surface area contributed by atoms with Crippen LogP contribution in [0.4, 0.5) is 31.0 Å². The Kier molecular flexibility index (Phi) is 5.70. The second-order valence-electron chi connectivity index (χ2n) is 6.84. The molecule has 1 aromatic carbocycles. The molecule has 0 aliphatic carbocycles. The lowest BCUT2D eigenvalue weighted by Crippen LogP contribution is -2.50. The summed E-state index contributed by atoms with van der Waals surface area (Å²) in [5.74, 6) is 0.201. The number of aromatic nitrogens is 2. The second-order valence-corrected chi connectivity index (χ2v) is 6.84. The van der Waals surface area contributed by atoms with Gasteiger partial charge in [-0.05, 0) is 18.2 Å². The van der Waals surface area contributed by atoms with Crippen LogP contribution < -0.4 is 15.1 Å². The van der Waals surface area contributed by atoms with Crippen LogP contribution in [0.3, 0.4) is 0 Å². The van der Waals surface area contributed by atoms with E-state index in [4.69, 9.17) is 4.74 Å². The molecule has 1 N–H and O–H groups in total. The molecular formula is C19H22F2N6O2. The summed E-state index contributed by atoms with van der Waals surface area (Å²) in [7, 11) is 0. The molecule has 0 radical (unpaired) electrons. The van der Waals surface area contributed by atoms with Crippen LogP contribution in [0, 0.1) is 11.6 Å². The van der Waals surface area contributed by atoms with E-state index in [1.807, 2.05) is 6.07 Å². The Morgan fingerprint density at radius 1 is 1.00 bits per heavy atom. The summed E-state index contributed by atoms with van der Waals surface area (Å²) in [6.45, 7) is 4.89. The van der Waals surface area contributed by atoms with Gasteiger partial charge in [0.1, 0.15) is 17.5 Å². The zero-order valence-corrected chi connectivity index (χ0v) is 15.9. The van der Waals surface area contributed by atoms with Crippen LogP contribution in [0.2, 0.25) is 0 Å². The highest BCUT2D eigenvalue weighted by Crippen LogP contribution is 2.19. The van der Waals surface area contributed by atoms with E-state index >= 15 is 0 Å². The zero-order chi connectivity index (χ0) is 20.2. The molecule has 1 aromatic heterocycles. The number of hydrogen-bond donors (Lipinski definition) is 1. The number of carbonyl (C=O) groups is 1. The Hall–Kier alpha value is -3.01. The number of anilines is 3. The predicted octanol–water partition coefficient (Wildman–Crippen LogP) is 1.95. The fraction of sp³-hybridized carbons (Fsp3) is 0.421. The molecule has 8 nitrogen and oxygen atoms in total. The first-order valence-corrected chi connectivity index (χ1v) is 9.52. The first-order chi connectivity index (χ1) is 14.1. The summed E-state index contributed by atoms with van der Waals surface area (Å²) >= 11 is 0. The number of nitrogens with one attached hydrogen (secondary N) is 1. The summed E-state index contributed by atoms with van der Waals surface area (Å²) in [6.07, 6.45) is 1.74. The Labute approximate surface area is 167 Å². The molecule has 10 heteroatoms. The van der Waals surface area contributed by atoms with Crippen molar-refractivity contribution in [2.24, 2.45) is 0 Å². The van der Waals surface area contributed by atoms with E-state index in [9.17, 15) is 13.6 Å². The summed E-state index contributed by atoms with van der Waals surface area (Å²) in [4.78, 5) is 27.2. The van der Waals surface area contributed by atoms with Crippen LogP contribution in [0.5, 0.6) is 0 Å². The Morgan fingerprint density at radius 3 is 2.52 bits per heavy atom. The smallest absolute Gasteiger partial charge is 0.322 e. The molecule has 2 fully saturated rings. The van der Waals surface area contributed by atoms with Crippen molar-refractivity contribution in [3.05, 3.63) is 42.1 Å². The summed E-state index contributed by atoms with van der Waals surface area (Å²) in [5, 5.41) is 2.44. The standard InChI is InChI=1S/C19H22F2N6O2/c20-14-1-2-15(21)16(13-14)23-19(28)27-7-5-25(6-8-27)17-3-4-22-18(24-17)26-9-11-29-12-10-26/h1-4,13H,5-12H2,(H,23,28). The van der Waals surface area contributed by atoms with E-state index in [0.717, 1.165) is 37.1 Å². The van der Waals surface area contributed by atoms with Gasteiger partial charge in [0.25, 0.3) is 0 Å². The highest BCUT2D eigenvalue weighted by atomic mass is 19.1. The summed E-state index contributed by atoms with van der Waals surface area (Å²) < 4.78 is 32.4. The molecule has 2 amide bonds. The molecule has 2 aliphatic heterocycles. The number of halogens is 2. The van der Waals surface area contributed by atoms with Crippen molar-refractivity contribution >= 4 is 23.5 Å². The van der Waals surface area contributed by atoms with Crippen molar-refractivity contribution in [2.75, 3.05) is 67.6 Å². The topological polar surface area (TPSA) is 73.8 Å². The lowest BCUT2D eigenvalue weighted by Gasteiger charge is -2.35. The number of urea groups is 1. The van der Waals surface area contributed by atoms with Gasteiger partial charge in [-0.25, -0.2) is 18.6 Å². The highest BCUT2D eigenvalue weighted by molar-refractivity contribution is 5.89. The average molecular weight is 404 g/mol. The van der Waals surface area contributed by atoms with Crippen molar-refractivity contribution in [1.82, 2.24) is 14.9 Å². The molecule has 29 heavy (non-hydrogen) atoms.